The van der Waals surface area contributed by atoms with Crippen LogP contribution in [0.25, 0.3) is 16.6 Å². The number of fused-ring (bicyclic) bond motifs is 3. The zero-order chi connectivity index (χ0) is 22.4. The molecule has 0 aliphatic carbocycles. The maximum atomic E-state index is 12.8. The van der Waals surface area contributed by atoms with Crippen LogP contribution in [0.3, 0.4) is 0 Å². The fraction of sp³-hybridized carbons (Fsp3) is 0.304. The Morgan fingerprint density at radius 2 is 1.90 bits per heavy atom. The van der Waals surface area contributed by atoms with Crippen LogP contribution in [0.5, 0.6) is 0 Å². The van der Waals surface area contributed by atoms with Gasteiger partial charge in [0.15, 0.2) is 10.8 Å². The van der Waals surface area contributed by atoms with Gasteiger partial charge in [-0.25, -0.2) is 0 Å². The number of nitrogens with one attached hydrogen (secondary N) is 1. The monoisotopic (exact) mass is 433 g/mol. The lowest BCUT2D eigenvalue weighted by molar-refractivity contribution is -0.115. The molecule has 1 atom stereocenters. The second-order valence-corrected chi connectivity index (χ2v) is 9.14. The minimum atomic E-state index is -0.480. The summed E-state index contributed by atoms with van der Waals surface area (Å²) in [6.45, 7) is 11.6. The number of rotatable bonds is 4. The van der Waals surface area contributed by atoms with Crippen LogP contribution >= 0.6 is 11.8 Å². The Labute approximate surface area is 184 Å². The van der Waals surface area contributed by atoms with Gasteiger partial charge in [-0.1, -0.05) is 23.4 Å². The minimum absolute atomic E-state index is 0.188. The highest BCUT2D eigenvalue weighted by Crippen LogP contribution is 2.31. The first-order valence-electron chi connectivity index (χ1n) is 9.94. The van der Waals surface area contributed by atoms with Crippen molar-refractivity contribution in [2.45, 2.75) is 51.9 Å². The zero-order valence-electron chi connectivity index (χ0n) is 18.3. The molecule has 3 aromatic heterocycles. The van der Waals surface area contributed by atoms with E-state index in [1.165, 1.54) is 17.3 Å². The highest BCUT2D eigenvalue weighted by molar-refractivity contribution is 8.00. The van der Waals surface area contributed by atoms with Crippen molar-refractivity contribution in [1.82, 2.24) is 14.6 Å². The Kier molecular flexibility index (Phi) is 5.23. The number of carbonyl (C=O) groups is 1. The zero-order valence-corrected chi connectivity index (χ0v) is 19.1. The number of nitrogens with zero attached hydrogens (tertiary/aromatic N) is 4. The van der Waals surface area contributed by atoms with Crippen LogP contribution < -0.4 is 5.32 Å². The predicted molar refractivity (Wildman–Crippen MR) is 122 cm³/mol. The van der Waals surface area contributed by atoms with Gasteiger partial charge < -0.3 is 4.42 Å². The molecule has 1 unspecified atom stereocenters. The van der Waals surface area contributed by atoms with Crippen LogP contribution in [-0.2, 0) is 4.79 Å². The summed E-state index contributed by atoms with van der Waals surface area (Å²) < 4.78 is 7.57. The Balaban J connectivity index is 1.69. The van der Waals surface area contributed by atoms with Crippen molar-refractivity contribution in [3.05, 3.63) is 51.8 Å². The molecule has 0 aliphatic rings. The summed E-state index contributed by atoms with van der Waals surface area (Å²) in [6, 6.07) is 8.40. The van der Waals surface area contributed by atoms with Crippen molar-refractivity contribution in [3.63, 3.8) is 0 Å². The SMILES string of the molecule is Cc1cc(C)c2c(c1)c(C)cc1nnc(SC(C)C(=O)Nc3oc(C)c(C)c3C#N)n12. The molecule has 1 N–H and O–H groups in total. The molecular formula is C23H23N5O2S. The number of furan rings is 1. The van der Waals surface area contributed by atoms with Crippen LogP contribution in [0, 0.1) is 45.9 Å². The Hall–Kier alpha value is -3.31. The lowest BCUT2D eigenvalue weighted by Crippen LogP contribution is -2.23. The van der Waals surface area contributed by atoms with Crippen LogP contribution in [0.2, 0.25) is 0 Å². The van der Waals surface area contributed by atoms with Gasteiger partial charge in [0.2, 0.25) is 11.8 Å². The van der Waals surface area contributed by atoms with E-state index in [0.717, 1.165) is 33.2 Å². The van der Waals surface area contributed by atoms with Gasteiger partial charge in [0.25, 0.3) is 0 Å². The van der Waals surface area contributed by atoms with Crippen LogP contribution in [0.4, 0.5) is 5.88 Å². The second-order valence-electron chi connectivity index (χ2n) is 7.83. The van der Waals surface area contributed by atoms with E-state index in [-0.39, 0.29) is 11.8 Å². The number of amides is 1. The van der Waals surface area contributed by atoms with Crippen molar-refractivity contribution in [3.8, 4) is 6.07 Å². The van der Waals surface area contributed by atoms with Crippen molar-refractivity contribution in [2.75, 3.05) is 5.32 Å². The van der Waals surface area contributed by atoms with E-state index in [9.17, 15) is 10.1 Å². The normalized spacial score (nSPS) is 12.3. The first kappa shape index (κ1) is 20.9. The smallest absolute Gasteiger partial charge is 0.240 e. The number of pyridine rings is 1. The highest BCUT2D eigenvalue weighted by atomic mass is 32.2. The van der Waals surface area contributed by atoms with E-state index < -0.39 is 5.25 Å². The molecule has 8 heteroatoms. The van der Waals surface area contributed by atoms with Gasteiger partial charge in [-0.15, -0.1) is 10.2 Å². The molecule has 0 saturated carbocycles. The standard InChI is InChI=1S/C23H23N5O2S/c1-11-7-13(3)20-17(8-11)12(2)9-19-26-27-23(28(19)20)31-16(6)21(29)25-22-18(10-24)14(4)15(5)30-22/h7-9,16H,1-6H3,(H,25,29). The van der Waals surface area contributed by atoms with Crippen molar-refractivity contribution in [1.29, 1.82) is 5.26 Å². The van der Waals surface area contributed by atoms with Gasteiger partial charge in [-0.3, -0.25) is 14.5 Å². The summed E-state index contributed by atoms with van der Waals surface area (Å²) in [7, 11) is 0. The van der Waals surface area contributed by atoms with Gasteiger partial charge in [0, 0.05) is 10.9 Å². The number of aromatic nitrogens is 3. The average molecular weight is 434 g/mol. The van der Waals surface area contributed by atoms with Gasteiger partial charge in [-0.2, -0.15) is 5.26 Å². The minimum Gasteiger partial charge on any atom is -0.444 e. The molecule has 0 bridgehead atoms. The van der Waals surface area contributed by atoms with E-state index in [4.69, 9.17) is 4.42 Å². The Bertz CT molecular complexity index is 1390. The number of thioether (sulfide) groups is 1. The lowest BCUT2D eigenvalue weighted by Gasteiger charge is -2.13. The molecule has 7 nitrogen and oxygen atoms in total. The highest BCUT2D eigenvalue weighted by Gasteiger charge is 2.23. The fourth-order valence-corrected chi connectivity index (χ4v) is 4.63. The number of anilines is 1. The summed E-state index contributed by atoms with van der Waals surface area (Å²) in [5.41, 5.74) is 6.33. The van der Waals surface area contributed by atoms with Crippen LogP contribution in [0.1, 0.15) is 40.5 Å². The van der Waals surface area contributed by atoms with E-state index in [1.807, 2.05) is 10.5 Å². The van der Waals surface area contributed by atoms with Crippen LogP contribution in [0.15, 0.2) is 27.8 Å². The average Bonchev–Trinajstić information content (AvgIpc) is 3.21. The molecule has 3 heterocycles. The van der Waals surface area contributed by atoms with Gasteiger partial charge in [0.1, 0.15) is 17.4 Å². The quantitative estimate of drug-likeness (QED) is 0.455. The molecule has 1 aromatic carbocycles. The van der Waals surface area contributed by atoms with Gasteiger partial charge in [-0.05, 0) is 64.8 Å². The maximum absolute atomic E-state index is 12.8. The number of aryl methyl sites for hydroxylation is 4. The molecular weight excluding hydrogens is 410 g/mol. The summed E-state index contributed by atoms with van der Waals surface area (Å²) in [5.74, 6) is 0.535. The third-order valence-electron chi connectivity index (χ3n) is 5.48. The Morgan fingerprint density at radius 1 is 1.16 bits per heavy atom. The number of nitriles is 1. The summed E-state index contributed by atoms with van der Waals surface area (Å²) >= 11 is 1.32. The summed E-state index contributed by atoms with van der Waals surface area (Å²) in [4.78, 5) is 12.8. The van der Waals surface area contributed by atoms with E-state index in [1.54, 1.807) is 20.8 Å². The third kappa shape index (κ3) is 3.55. The van der Waals surface area contributed by atoms with Gasteiger partial charge in [0.05, 0.1) is 10.8 Å². The number of carbonyl (C=O) groups excluding carboxylic acids is 1. The van der Waals surface area contributed by atoms with Gasteiger partial charge >= 0.3 is 0 Å². The first-order valence-corrected chi connectivity index (χ1v) is 10.8. The predicted octanol–water partition coefficient (Wildman–Crippen LogP) is 5.01. The number of hydrogen-bond acceptors (Lipinski definition) is 6. The molecule has 0 saturated heterocycles. The summed E-state index contributed by atoms with van der Waals surface area (Å²) in [5, 5.41) is 22.1. The van der Waals surface area contributed by atoms with E-state index >= 15 is 0 Å². The third-order valence-corrected chi connectivity index (χ3v) is 6.53. The maximum Gasteiger partial charge on any atom is 0.240 e. The first-order chi connectivity index (χ1) is 14.7. The van der Waals surface area contributed by atoms with E-state index in [2.05, 4.69) is 54.5 Å². The largest absolute Gasteiger partial charge is 0.444 e. The lowest BCUT2D eigenvalue weighted by atomic mass is 10.0. The molecule has 0 aliphatic heterocycles. The molecule has 1 amide bonds. The molecule has 0 radical (unpaired) electrons. The molecule has 0 spiro atoms. The van der Waals surface area contributed by atoms with E-state index in [0.29, 0.717) is 16.5 Å². The topological polar surface area (TPSA) is 96.2 Å². The summed E-state index contributed by atoms with van der Waals surface area (Å²) in [6.07, 6.45) is 0. The second kappa shape index (κ2) is 7.75. The number of benzene rings is 1. The molecule has 0 fully saturated rings. The van der Waals surface area contributed by atoms with Crippen molar-refractivity contribution >= 4 is 40.1 Å². The van der Waals surface area contributed by atoms with Crippen molar-refractivity contribution < 1.29 is 9.21 Å². The molecule has 158 valence electrons. The molecule has 4 rings (SSSR count). The molecule has 4 aromatic rings. The molecule has 31 heavy (non-hydrogen) atoms. The fourth-order valence-electron chi connectivity index (χ4n) is 3.76. The number of hydrogen-bond donors (Lipinski definition) is 1. The van der Waals surface area contributed by atoms with Crippen molar-refractivity contribution in [2.24, 2.45) is 0 Å². The van der Waals surface area contributed by atoms with Crippen LogP contribution in [-0.4, -0.2) is 25.8 Å². The Morgan fingerprint density at radius 3 is 2.61 bits per heavy atom.